The van der Waals surface area contributed by atoms with Crippen LogP contribution in [0.5, 0.6) is 0 Å². The largest absolute Gasteiger partial charge is 0.384 e. The Labute approximate surface area is 94.5 Å². The SMILES string of the molecule is CC(C)c1cc2nc(C3CC3)cc(N)n2n1. The Morgan fingerprint density at radius 2 is 2.12 bits per heavy atom. The number of hydrogen-bond donors (Lipinski definition) is 1. The summed E-state index contributed by atoms with van der Waals surface area (Å²) < 4.78 is 1.74. The summed E-state index contributed by atoms with van der Waals surface area (Å²) in [5, 5.41) is 4.46. The van der Waals surface area contributed by atoms with Gasteiger partial charge >= 0.3 is 0 Å². The van der Waals surface area contributed by atoms with Crippen LogP contribution in [-0.2, 0) is 0 Å². The highest BCUT2D eigenvalue weighted by Gasteiger charge is 2.26. The van der Waals surface area contributed by atoms with Gasteiger partial charge in [0.2, 0.25) is 0 Å². The van der Waals surface area contributed by atoms with Gasteiger partial charge in [-0.25, -0.2) is 4.98 Å². The summed E-state index contributed by atoms with van der Waals surface area (Å²) in [7, 11) is 0. The Morgan fingerprint density at radius 3 is 2.75 bits per heavy atom. The van der Waals surface area contributed by atoms with Crippen LogP contribution in [0.1, 0.15) is 49.9 Å². The second-order valence-electron chi connectivity index (χ2n) is 4.87. The Kier molecular flexibility index (Phi) is 1.93. The summed E-state index contributed by atoms with van der Waals surface area (Å²) in [6.45, 7) is 4.25. The lowest BCUT2D eigenvalue weighted by molar-refractivity contribution is 0.788. The van der Waals surface area contributed by atoms with E-state index in [1.165, 1.54) is 12.8 Å². The second-order valence-corrected chi connectivity index (χ2v) is 4.87. The van der Waals surface area contributed by atoms with Gasteiger partial charge in [-0.15, -0.1) is 0 Å². The molecule has 1 aliphatic rings. The third-order valence-corrected chi connectivity index (χ3v) is 3.08. The summed E-state index contributed by atoms with van der Waals surface area (Å²) in [6.07, 6.45) is 2.49. The van der Waals surface area contributed by atoms with Crippen LogP contribution in [0.15, 0.2) is 12.1 Å². The lowest BCUT2D eigenvalue weighted by atomic mass is 10.1. The molecule has 84 valence electrons. The van der Waals surface area contributed by atoms with Gasteiger partial charge in [0.25, 0.3) is 0 Å². The van der Waals surface area contributed by atoms with E-state index in [4.69, 9.17) is 5.73 Å². The Balaban J connectivity index is 2.17. The normalized spacial score (nSPS) is 16.2. The highest BCUT2D eigenvalue weighted by atomic mass is 15.3. The molecular formula is C12H16N4. The maximum Gasteiger partial charge on any atom is 0.157 e. The molecule has 16 heavy (non-hydrogen) atoms. The fraction of sp³-hybridized carbons (Fsp3) is 0.500. The standard InChI is InChI=1S/C12H16N4/c1-7(2)9-6-12-14-10(8-3-4-8)5-11(13)16(12)15-9/h5-8H,3-4,13H2,1-2H3. The molecule has 2 N–H and O–H groups in total. The third kappa shape index (κ3) is 1.45. The van der Waals surface area contributed by atoms with Gasteiger partial charge in [-0.2, -0.15) is 9.61 Å². The molecular weight excluding hydrogens is 200 g/mol. The minimum Gasteiger partial charge on any atom is -0.384 e. The van der Waals surface area contributed by atoms with Gasteiger partial charge in [-0.1, -0.05) is 13.8 Å². The second kappa shape index (κ2) is 3.20. The first-order valence-electron chi connectivity index (χ1n) is 5.81. The van der Waals surface area contributed by atoms with E-state index in [0.717, 1.165) is 17.0 Å². The van der Waals surface area contributed by atoms with Gasteiger partial charge in [0.05, 0.1) is 5.69 Å². The maximum absolute atomic E-state index is 6.00. The summed E-state index contributed by atoms with van der Waals surface area (Å²) in [4.78, 5) is 4.62. The van der Waals surface area contributed by atoms with E-state index in [1.54, 1.807) is 4.52 Å². The fourth-order valence-corrected chi connectivity index (χ4v) is 1.91. The van der Waals surface area contributed by atoms with Crippen LogP contribution in [0, 0.1) is 0 Å². The molecule has 0 spiro atoms. The summed E-state index contributed by atoms with van der Waals surface area (Å²) in [6, 6.07) is 3.99. The number of nitrogens with zero attached hydrogens (tertiary/aromatic N) is 3. The van der Waals surface area contributed by atoms with Crippen LogP contribution >= 0.6 is 0 Å². The van der Waals surface area contributed by atoms with Crippen molar-refractivity contribution in [1.29, 1.82) is 0 Å². The Hall–Kier alpha value is -1.58. The minimum atomic E-state index is 0.408. The summed E-state index contributed by atoms with van der Waals surface area (Å²) in [5.74, 6) is 1.73. The smallest absolute Gasteiger partial charge is 0.157 e. The van der Waals surface area contributed by atoms with Crippen LogP contribution in [0.3, 0.4) is 0 Å². The van der Waals surface area contributed by atoms with Crippen molar-refractivity contribution < 1.29 is 0 Å². The molecule has 1 aliphatic carbocycles. The Morgan fingerprint density at radius 1 is 1.38 bits per heavy atom. The molecule has 0 aromatic carbocycles. The van der Waals surface area contributed by atoms with Gasteiger partial charge in [0.15, 0.2) is 5.65 Å². The van der Waals surface area contributed by atoms with Crippen LogP contribution in [0.25, 0.3) is 5.65 Å². The van der Waals surface area contributed by atoms with Crippen LogP contribution in [-0.4, -0.2) is 14.6 Å². The summed E-state index contributed by atoms with van der Waals surface area (Å²) >= 11 is 0. The predicted molar refractivity (Wildman–Crippen MR) is 63.5 cm³/mol. The number of anilines is 1. The third-order valence-electron chi connectivity index (χ3n) is 3.08. The molecule has 3 rings (SSSR count). The van der Waals surface area contributed by atoms with E-state index < -0.39 is 0 Å². The first-order valence-corrected chi connectivity index (χ1v) is 5.81. The molecule has 2 aromatic rings. The molecule has 1 saturated carbocycles. The number of nitrogen functional groups attached to an aromatic ring is 1. The van der Waals surface area contributed by atoms with E-state index >= 15 is 0 Å². The molecule has 0 bridgehead atoms. The van der Waals surface area contributed by atoms with Crippen molar-refractivity contribution in [2.45, 2.75) is 38.5 Å². The van der Waals surface area contributed by atoms with E-state index in [-0.39, 0.29) is 0 Å². The zero-order valence-electron chi connectivity index (χ0n) is 9.64. The first-order chi connectivity index (χ1) is 7.65. The molecule has 4 heteroatoms. The first kappa shape index (κ1) is 9.63. The monoisotopic (exact) mass is 216 g/mol. The maximum atomic E-state index is 6.00. The molecule has 0 radical (unpaired) electrons. The lowest BCUT2D eigenvalue weighted by Crippen LogP contribution is -2.02. The lowest BCUT2D eigenvalue weighted by Gasteiger charge is -2.02. The van der Waals surface area contributed by atoms with E-state index in [0.29, 0.717) is 17.7 Å². The van der Waals surface area contributed by atoms with Crippen molar-refractivity contribution in [2.75, 3.05) is 5.73 Å². The predicted octanol–water partition coefficient (Wildman–Crippen LogP) is 2.31. The number of aromatic nitrogens is 3. The van der Waals surface area contributed by atoms with Crippen LogP contribution in [0.4, 0.5) is 5.82 Å². The van der Waals surface area contributed by atoms with Gasteiger partial charge in [0.1, 0.15) is 5.82 Å². The van der Waals surface area contributed by atoms with Gasteiger partial charge in [-0.05, 0) is 18.8 Å². The van der Waals surface area contributed by atoms with Gasteiger partial charge in [0, 0.05) is 23.7 Å². The van der Waals surface area contributed by atoms with E-state index in [1.807, 2.05) is 12.1 Å². The topological polar surface area (TPSA) is 56.2 Å². The number of nitrogens with two attached hydrogens (primary N) is 1. The molecule has 0 amide bonds. The van der Waals surface area contributed by atoms with Crippen molar-refractivity contribution in [3.05, 3.63) is 23.5 Å². The minimum absolute atomic E-state index is 0.408. The average Bonchev–Trinajstić information content (AvgIpc) is 2.97. The highest BCUT2D eigenvalue weighted by Crippen LogP contribution is 2.39. The van der Waals surface area contributed by atoms with Crippen LogP contribution in [0.2, 0.25) is 0 Å². The molecule has 4 nitrogen and oxygen atoms in total. The van der Waals surface area contributed by atoms with Crippen LogP contribution < -0.4 is 5.73 Å². The zero-order chi connectivity index (χ0) is 11.3. The zero-order valence-corrected chi connectivity index (χ0v) is 9.64. The molecule has 0 aliphatic heterocycles. The van der Waals surface area contributed by atoms with Crippen molar-refractivity contribution in [1.82, 2.24) is 14.6 Å². The van der Waals surface area contributed by atoms with Crippen molar-refractivity contribution in [2.24, 2.45) is 0 Å². The van der Waals surface area contributed by atoms with Crippen molar-refractivity contribution in [3.63, 3.8) is 0 Å². The van der Waals surface area contributed by atoms with E-state index in [9.17, 15) is 0 Å². The molecule has 2 heterocycles. The Bertz CT molecular complexity index is 537. The quantitative estimate of drug-likeness (QED) is 0.838. The fourth-order valence-electron chi connectivity index (χ4n) is 1.91. The average molecular weight is 216 g/mol. The number of fused-ring (bicyclic) bond motifs is 1. The molecule has 0 atom stereocenters. The van der Waals surface area contributed by atoms with Crippen molar-refractivity contribution >= 4 is 11.5 Å². The number of rotatable bonds is 2. The number of hydrogen-bond acceptors (Lipinski definition) is 3. The molecule has 1 fully saturated rings. The van der Waals surface area contributed by atoms with Gasteiger partial charge < -0.3 is 5.73 Å². The van der Waals surface area contributed by atoms with Crippen molar-refractivity contribution in [3.8, 4) is 0 Å². The van der Waals surface area contributed by atoms with Gasteiger partial charge in [-0.3, -0.25) is 0 Å². The molecule has 0 unspecified atom stereocenters. The molecule has 0 saturated heterocycles. The highest BCUT2D eigenvalue weighted by molar-refractivity contribution is 5.49. The summed E-state index contributed by atoms with van der Waals surface area (Å²) in [5.41, 5.74) is 9.05. The van der Waals surface area contributed by atoms with E-state index in [2.05, 4.69) is 23.9 Å². The molecule has 2 aromatic heterocycles.